The van der Waals surface area contributed by atoms with Crippen molar-refractivity contribution in [3.8, 4) is 11.5 Å². The number of nitrogens with one attached hydrogen (secondary N) is 1. The van der Waals surface area contributed by atoms with Crippen LogP contribution in [0.1, 0.15) is 11.1 Å². The largest absolute Gasteiger partial charge is 0.493 e. The molecule has 1 aliphatic rings. The highest BCUT2D eigenvalue weighted by Gasteiger charge is 2.35. The lowest BCUT2D eigenvalue weighted by molar-refractivity contribution is -0.122. The predicted octanol–water partition coefficient (Wildman–Crippen LogP) is 3.45. The lowest BCUT2D eigenvalue weighted by atomic mass is 10.1. The zero-order valence-electron chi connectivity index (χ0n) is 15.4. The number of nitrogens with zero attached hydrogens (tertiary/aromatic N) is 1. The molecule has 1 saturated heterocycles. The maximum Gasteiger partial charge on any atom is 0.270 e. The van der Waals surface area contributed by atoms with E-state index in [4.69, 9.17) is 21.7 Å². The molecule has 0 unspecified atom stereocenters. The molecule has 2 aromatic rings. The minimum absolute atomic E-state index is 0.0140. The van der Waals surface area contributed by atoms with Gasteiger partial charge in [-0.05, 0) is 77.1 Å². The van der Waals surface area contributed by atoms with E-state index in [1.54, 1.807) is 25.3 Å². The van der Waals surface area contributed by atoms with Gasteiger partial charge in [0.25, 0.3) is 11.8 Å². The Balaban J connectivity index is 2.07. The SMILES string of the molecule is COc1cc(C=C2C(=O)NC(=S)N(c3ccccc3C)C2=O)cc(I)c1OC. The Morgan fingerprint density at radius 3 is 2.50 bits per heavy atom. The lowest BCUT2D eigenvalue weighted by Crippen LogP contribution is -2.54. The summed E-state index contributed by atoms with van der Waals surface area (Å²) in [5.41, 5.74) is 2.12. The number of benzene rings is 2. The van der Waals surface area contributed by atoms with E-state index in [1.165, 1.54) is 18.1 Å². The molecule has 0 atom stereocenters. The molecule has 1 heterocycles. The number of methoxy groups -OCH3 is 2. The number of aryl methyl sites for hydroxylation is 1. The van der Waals surface area contributed by atoms with E-state index < -0.39 is 11.8 Å². The number of halogens is 1. The van der Waals surface area contributed by atoms with Crippen LogP contribution >= 0.6 is 34.8 Å². The van der Waals surface area contributed by atoms with Gasteiger partial charge in [-0.3, -0.25) is 19.8 Å². The van der Waals surface area contributed by atoms with E-state index in [2.05, 4.69) is 27.9 Å². The predicted molar refractivity (Wildman–Crippen MR) is 120 cm³/mol. The highest BCUT2D eigenvalue weighted by atomic mass is 127. The van der Waals surface area contributed by atoms with Gasteiger partial charge in [-0.1, -0.05) is 18.2 Å². The normalized spacial score (nSPS) is 15.6. The van der Waals surface area contributed by atoms with Gasteiger partial charge in [-0.25, -0.2) is 0 Å². The Kier molecular flexibility index (Phi) is 5.99. The minimum atomic E-state index is -0.537. The molecule has 8 heteroatoms. The summed E-state index contributed by atoms with van der Waals surface area (Å²) in [6.07, 6.45) is 1.52. The van der Waals surface area contributed by atoms with Crippen LogP contribution in [0.4, 0.5) is 5.69 Å². The van der Waals surface area contributed by atoms with E-state index in [-0.39, 0.29) is 10.7 Å². The number of thiocarbonyl (C=S) groups is 1. The van der Waals surface area contributed by atoms with E-state index in [9.17, 15) is 9.59 Å². The standard InChI is InChI=1S/C20H17IN2O4S/c1-11-6-4-5-7-15(11)23-19(25)13(18(24)22-20(23)28)8-12-9-14(21)17(27-3)16(10-12)26-2/h4-10H,1-3H3,(H,22,24,28). The van der Waals surface area contributed by atoms with Gasteiger partial charge in [-0.2, -0.15) is 0 Å². The highest BCUT2D eigenvalue weighted by molar-refractivity contribution is 14.1. The second-order valence-corrected chi connectivity index (χ2v) is 7.53. The summed E-state index contributed by atoms with van der Waals surface area (Å²) in [4.78, 5) is 26.9. The second-order valence-electron chi connectivity index (χ2n) is 5.98. The topological polar surface area (TPSA) is 67.9 Å². The second kappa shape index (κ2) is 8.27. The van der Waals surface area contributed by atoms with Crippen LogP contribution in [-0.4, -0.2) is 31.1 Å². The maximum atomic E-state index is 13.1. The molecule has 0 saturated carbocycles. The molecule has 6 nitrogen and oxygen atoms in total. The van der Waals surface area contributed by atoms with Gasteiger partial charge < -0.3 is 9.47 Å². The first-order valence-electron chi connectivity index (χ1n) is 8.26. The zero-order chi connectivity index (χ0) is 20.4. The number of carbonyl (C=O) groups excluding carboxylic acids is 2. The first-order valence-corrected chi connectivity index (χ1v) is 9.74. The zero-order valence-corrected chi connectivity index (χ0v) is 18.4. The average molecular weight is 508 g/mol. The molecule has 2 amide bonds. The molecule has 0 radical (unpaired) electrons. The van der Waals surface area contributed by atoms with E-state index in [0.717, 1.165) is 9.13 Å². The number of rotatable bonds is 4. The average Bonchev–Trinajstić information content (AvgIpc) is 2.66. The van der Waals surface area contributed by atoms with Crippen molar-refractivity contribution >= 4 is 63.5 Å². The minimum Gasteiger partial charge on any atom is -0.493 e. The summed E-state index contributed by atoms with van der Waals surface area (Å²) in [5, 5.41) is 2.65. The molecule has 0 bridgehead atoms. The van der Waals surface area contributed by atoms with Crippen molar-refractivity contribution in [3.63, 3.8) is 0 Å². The molecule has 1 fully saturated rings. The molecule has 144 valence electrons. The first kappa shape index (κ1) is 20.3. The fraction of sp³-hybridized carbons (Fsp3) is 0.150. The maximum absolute atomic E-state index is 13.1. The number of hydrogen-bond donors (Lipinski definition) is 1. The highest BCUT2D eigenvalue weighted by Crippen LogP contribution is 2.34. The fourth-order valence-electron chi connectivity index (χ4n) is 2.88. The Bertz CT molecular complexity index is 1020. The van der Waals surface area contributed by atoms with Crippen molar-refractivity contribution in [2.24, 2.45) is 0 Å². The van der Waals surface area contributed by atoms with Gasteiger partial charge in [0.15, 0.2) is 16.6 Å². The molecule has 0 aromatic heterocycles. The van der Waals surface area contributed by atoms with Crippen molar-refractivity contribution in [1.82, 2.24) is 5.32 Å². The Labute approximate surface area is 181 Å². The third-order valence-corrected chi connectivity index (χ3v) is 5.31. The van der Waals surface area contributed by atoms with Crippen LogP contribution in [0.5, 0.6) is 11.5 Å². The van der Waals surface area contributed by atoms with Crippen LogP contribution in [0.3, 0.4) is 0 Å². The summed E-state index contributed by atoms with van der Waals surface area (Å²) in [6.45, 7) is 1.88. The Morgan fingerprint density at radius 2 is 1.86 bits per heavy atom. The quantitative estimate of drug-likeness (QED) is 0.297. The van der Waals surface area contributed by atoms with Gasteiger partial charge in [0, 0.05) is 0 Å². The van der Waals surface area contributed by atoms with Crippen LogP contribution in [0.15, 0.2) is 42.0 Å². The summed E-state index contributed by atoms with van der Waals surface area (Å²) in [5.74, 6) is 0.0843. The number of para-hydroxylation sites is 1. The van der Waals surface area contributed by atoms with Gasteiger partial charge in [0.1, 0.15) is 5.57 Å². The van der Waals surface area contributed by atoms with Gasteiger partial charge >= 0.3 is 0 Å². The third kappa shape index (κ3) is 3.74. The van der Waals surface area contributed by atoms with Crippen molar-refractivity contribution in [1.29, 1.82) is 0 Å². The van der Waals surface area contributed by atoms with Crippen LogP contribution in [0.2, 0.25) is 0 Å². The van der Waals surface area contributed by atoms with Gasteiger partial charge in [-0.15, -0.1) is 0 Å². The van der Waals surface area contributed by atoms with E-state index >= 15 is 0 Å². The molecule has 3 rings (SSSR count). The number of ether oxygens (including phenoxy) is 2. The smallest absolute Gasteiger partial charge is 0.270 e. The number of hydrogen-bond acceptors (Lipinski definition) is 5. The van der Waals surface area contributed by atoms with Crippen LogP contribution < -0.4 is 19.7 Å². The molecule has 0 aliphatic carbocycles. The molecule has 0 spiro atoms. The van der Waals surface area contributed by atoms with E-state index in [1.807, 2.05) is 25.1 Å². The monoisotopic (exact) mass is 508 g/mol. The first-order chi connectivity index (χ1) is 13.4. The Morgan fingerprint density at radius 1 is 1.14 bits per heavy atom. The number of carbonyl (C=O) groups is 2. The molecule has 28 heavy (non-hydrogen) atoms. The van der Waals surface area contributed by atoms with Crippen molar-refractivity contribution in [3.05, 3.63) is 56.7 Å². The van der Waals surface area contributed by atoms with Crippen molar-refractivity contribution in [2.75, 3.05) is 19.1 Å². The summed E-state index contributed by atoms with van der Waals surface area (Å²) in [6, 6.07) is 10.9. The summed E-state index contributed by atoms with van der Waals surface area (Å²) in [7, 11) is 3.08. The van der Waals surface area contributed by atoms with Crippen molar-refractivity contribution in [2.45, 2.75) is 6.92 Å². The van der Waals surface area contributed by atoms with Crippen LogP contribution in [0.25, 0.3) is 6.08 Å². The molecule has 2 aromatic carbocycles. The van der Waals surface area contributed by atoms with Crippen molar-refractivity contribution < 1.29 is 19.1 Å². The molecular formula is C20H17IN2O4S. The molecule has 1 aliphatic heterocycles. The van der Waals surface area contributed by atoms with E-state index in [0.29, 0.717) is 22.7 Å². The van der Waals surface area contributed by atoms with Gasteiger partial charge in [0.05, 0.1) is 23.5 Å². The summed E-state index contributed by atoms with van der Waals surface area (Å²) < 4.78 is 11.5. The lowest BCUT2D eigenvalue weighted by Gasteiger charge is -2.30. The van der Waals surface area contributed by atoms with Gasteiger partial charge in [0.2, 0.25) is 0 Å². The Hall–Kier alpha value is -2.46. The summed E-state index contributed by atoms with van der Waals surface area (Å²) >= 11 is 7.35. The third-order valence-electron chi connectivity index (χ3n) is 4.22. The van der Waals surface area contributed by atoms with Crippen LogP contribution in [-0.2, 0) is 9.59 Å². The fourth-order valence-corrected chi connectivity index (χ4v) is 4.00. The molecular weight excluding hydrogens is 491 g/mol. The number of anilines is 1. The molecule has 1 N–H and O–H groups in total. The van der Waals surface area contributed by atoms with Crippen LogP contribution in [0, 0.1) is 10.5 Å². The number of amides is 2.